The van der Waals surface area contributed by atoms with Crippen LogP contribution in [0.3, 0.4) is 0 Å². The van der Waals surface area contributed by atoms with Gasteiger partial charge in [-0.25, -0.2) is 0 Å². The van der Waals surface area contributed by atoms with Gasteiger partial charge in [0.25, 0.3) is 0 Å². The summed E-state index contributed by atoms with van der Waals surface area (Å²) in [6.07, 6.45) is 11.2. The molecule has 1 amide bonds. The Bertz CT molecular complexity index is 577. The van der Waals surface area contributed by atoms with Crippen LogP contribution in [-0.4, -0.2) is 36.6 Å². The molecule has 4 aliphatic rings. The zero-order chi connectivity index (χ0) is 19.4. The summed E-state index contributed by atoms with van der Waals surface area (Å²) < 4.78 is 6.41. The number of hydrogen-bond donors (Lipinski definition) is 0. The lowest BCUT2D eigenvalue weighted by Crippen LogP contribution is -2.59. The molecule has 0 aromatic carbocycles. The quantitative estimate of drug-likeness (QED) is 0.671. The predicted molar refractivity (Wildman–Crippen MR) is 109 cm³/mol. The van der Waals surface area contributed by atoms with Crippen LogP contribution in [-0.2, 0) is 9.53 Å². The van der Waals surface area contributed by atoms with Gasteiger partial charge in [0.15, 0.2) is 0 Å². The zero-order valence-corrected chi connectivity index (χ0v) is 18.3. The highest BCUT2D eigenvalue weighted by molar-refractivity contribution is 5.77. The van der Waals surface area contributed by atoms with Crippen LogP contribution >= 0.6 is 0 Å². The molecule has 154 valence electrons. The number of likely N-dealkylation sites (tertiary alicyclic amines) is 1. The van der Waals surface area contributed by atoms with Gasteiger partial charge in [-0.15, -0.1) is 0 Å². The lowest BCUT2D eigenvalue weighted by atomic mass is 9.52. The van der Waals surface area contributed by atoms with Gasteiger partial charge < -0.3 is 9.64 Å². The van der Waals surface area contributed by atoms with Crippen LogP contribution in [0.4, 0.5) is 0 Å². The molecule has 1 heterocycles. The standard InChI is InChI=1S/C24H41NO2/c1-6-13-27-21-14-16(2)18-15-23(21,3)11-9-19-17(18)7-8-20-24(19,4)12-10-22(26)25(20)5/h16-21H,6-15H2,1-5H3/t16-,17?,18?,19?,20?,21-,23?,24?/m0/s1. The van der Waals surface area contributed by atoms with Gasteiger partial charge in [0, 0.05) is 26.1 Å². The minimum absolute atomic E-state index is 0.318. The van der Waals surface area contributed by atoms with E-state index in [1.54, 1.807) is 0 Å². The second kappa shape index (κ2) is 7.04. The number of hydrogen-bond acceptors (Lipinski definition) is 2. The first-order valence-electron chi connectivity index (χ1n) is 11.7. The first kappa shape index (κ1) is 19.7. The Morgan fingerprint density at radius 3 is 2.67 bits per heavy atom. The molecule has 6 unspecified atom stereocenters. The van der Waals surface area contributed by atoms with Crippen molar-refractivity contribution in [2.75, 3.05) is 13.7 Å². The SMILES string of the molecule is CCCO[C@H]1C[C@H](C)C2CC1(C)CCC1C2CCC2N(C)C(=O)CCC12C. The molecule has 4 rings (SSSR count). The third-order valence-electron chi connectivity index (χ3n) is 9.53. The van der Waals surface area contributed by atoms with E-state index < -0.39 is 0 Å². The van der Waals surface area contributed by atoms with Gasteiger partial charge in [0.1, 0.15) is 0 Å². The molecule has 8 atom stereocenters. The van der Waals surface area contributed by atoms with E-state index in [0.717, 1.165) is 49.5 Å². The molecule has 4 fully saturated rings. The average molecular weight is 376 g/mol. The van der Waals surface area contributed by atoms with Crippen molar-refractivity contribution in [1.82, 2.24) is 4.90 Å². The van der Waals surface area contributed by atoms with Gasteiger partial charge in [0.05, 0.1) is 6.10 Å². The molecule has 27 heavy (non-hydrogen) atoms. The van der Waals surface area contributed by atoms with Crippen molar-refractivity contribution in [3.05, 3.63) is 0 Å². The smallest absolute Gasteiger partial charge is 0.222 e. The number of carbonyl (C=O) groups excluding carboxylic acids is 1. The highest BCUT2D eigenvalue weighted by atomic mass is 16.5. The Hall–Kier alpha value is -0.570. The van der Waals surface area contributed by atoms with E-state index >= 15 is 0 Å². The van der Waals surface area contributed by atoms with E-state index in [9.17, 15) is 4.79 Å². The lowest BCUT2D eigenvalue weighted by Gasteiger charge is -2.58. The van der Waals surface area contributed by atoms with Gasteiger partial charge in [-0.1, -0.05) is 27.7 Å². The second-order valence-electron chi connectivity index (χ2n) is 11.0. The van der Waals surface area contributed by atoms with Gasteiger partial charge in [-0.3, -0.25) is 4.79 Å². The fraction of sp³-hybridized carbons (Fsp3) is 0.958. The van der Waals surface area contributed by atoms with Crippen LogP contribution in [0, 0.1) is 34.5 Å². The maximum absolute atomic E-state index is 12.4. The number of ether oxygens (including phenoxy) is 1. The molecule has 3 heteroatoms. The zero-order valence-electron chi connectivity index (χ0n) is 18.3. The molecule has 0 aromatic heterocycles. The predicted octanol–water partition coefficient (Wildman–Crippen LogP) is 5.28. The number of carbonyl (C=O) groups is 1. The highest BCUT2D eigenvalue weighted by Crippen LogP contribution is 2.62. The molecule has 3 nitrogen and oxygen atoms in total. The first-order chi connectivity index (χ1) is 12.8. The van der Waals surface area contributed by atoms with Crippen molar-refractivity contribution in [2.24, 2.45) is 34.5 Å². The van der Waals surface area contributed by atoms with Gasteiger partial charge in [0.2, 0.25) is 5.91 Å². The molecule has 3 aliphatic carbocycles. The summed E-state index contributed by atoms with van der Waals surface area (Å²) in [6, 6.07) is 0.466. The largest absolute Gasteiger partial charge is 0.378 e. The van der Waals surface area contributed by atoms with Crippen molar-refractivity contribution < 1.29 is 9.53 Å². The van der Waals surface area contributed by atoms with Crippen LogP contribution in [0.2, 0.25) is 0 Å². The first-order valence-corrected chi connectivity index (χ1v) is 11.7. The van der Waals surface area contributed by atoms with Crippen molar-refractivity contribution >= 4 is 5.91 Å². The van der Waals surface area contributed by atoms with E-state index in [2.05, 4.69) is 39.6 Å². The molecule has 1 saturated heterocycles. The van der Waals surface area contributed by atoms with Crippen molar-refractivity contribution in [2.45, 2.75) is 97.6 Å². The summed E-state index contributed by atoms with van der Waals surface area (Å²) in [6.45, 7) is 10.7. The van der Waals surface area contributed by atoms with Crippen LogP contribution in [0.15, 0.2) is 0 Å². The van der Waals surface area contributed by atoms with Gasteiger partial charge in [-0.05, 0) is 85.9 Å². The number of piperidine rings is 1. The van der Waals surface area contributed by atoms with Crippen LogP contribution in [0.5, 0.6) is 0 Å². The Morgan fingerprint density at radius 1 is 1.15 bits per heavy atom. The summed E-state index contributed by atoms with van der Waals surface area (Å²) in [5.41, 5.74) is 0.671. The average Bonchev–Trinajstić information content (AvgIpc) is 2.77. The van der Waals surface area contributed by atoms with Crippen LogP contribution in [0.1, 0.15) is 85.5 Å². The minimum atomic E-state index is 0.318. The summed E-state index contributed by atoms with van der Waals surface area (Å²) in [5.74, 6) is 3.64. The van der Waals surface area contributed by atoms with Crippen LogP contribution < -0.4 is 0 Å². The maximum Gasteiger partial charge on any atom is 0.222 e. The van der Waals surface area contributed by atoms with Gasteiger partial charge in [-0.2, -0.15) is 0 Å². The molecule has 3 saturated carbocycles. The van der Waals surface area contributed by atoms with E-state index in [-0.39, 0.29) is 0 Å². The fourth-order valence-corrected chi connectivity index (χ4v) is 7.91. The normalized spacial score (nSPS) is 50.0. The van der Waals surface area contributed by atoms with Gasteiger partial charge >= 0.3 is 0 Å². The molecule has 1 aliphatic heterocycles. The van der Waals surface area contributed by atoms with Crippen molar-refractivity contribution in [1.29, 1.82) is 0 Å². The van der Waals surface area contributed by atoms with E-state index in [1.165, 1.54) is 38.5 Å². The Morgan fingerprint density at radius 2 is 1.93 bits per heavy atom. The molecule has 0 aromatic rings. The lowest BCUT2D eigenvalue weighted by molar-refractivity contribution is -0.151. The Balaban J connectivity index is 1.63. The van der Waals surface area contributed by atoms with E-state index in [4.69, 9.17) is 4.74 Å². The molecule has 0 spiro atoms. The number of fused-ring (bicyclic) bond motifs is 6. The summed E-state index contributed by atoms with van der Waals surface area (Å²) in [4.78, 5) is 14.5. The minimum Gasteiger partial charge on any atom is -0.378 e. The summed E-state index contributed by atoms with van der Waals surface area (Å²) >= 11 is 0. The monoisotopic (exact) mass is 375 g/mol. The second-order valence-corrected chi connectivity index (χ2v) is 11.0. The summed E-state index contributed by atoms with van der Waals surface area (Å²) in [5, 5.41) is 0. The van der Waals surface area contributed by atoms with E-state index in [0.29, 0.717) is 28.9 Å². The Kier molecular flexibility index (Phi) is 5.15. The van der Waals surface area contributed by atoms with Crippen LogP contribution in [0.25, 0.3) is 0 Å². The third-order valence-corrected chi connectivity index (χ3v) is 9.53. The summed E-state index contributed by atoms with van der Waals surface area (Å²) in [7, 11) is 2.07. The van der Waals surface area contributed by atoms with E-state index in [1.807, 2.05) is 0 Å². The number of nitrogens with zero attached hydrogens (tertiary/aromatic N) is 1. The van der Waals surface area contributed by atoms with Crippen molar-refractivity contribution in [3.63, 3.8) is 0 Å². The van der Waals surface area contributed by atoms with Crippen molar-refractivity contribution in [3.8, 4) is 0 Å². The molecular formula is C24H41NO2. The molecular weight excluding hydrogens is 334 g/mol. The topological polar surface area (TPSA) is 29.5 Å². The molecule has 0 radical (unpaired) electrons. The highest BCUT2D eigenvalue weighted by Gasteiger charge is 2.58. The third kappa shape index (κ3) is 3.07. The number of rotatable bonds is 3. The number of amides is 1. The fourth-order valence-electron chi connectivity index (χ4n) is 7.91. The maximum atomic E-state index is 12.4. The molecule has 0 N–H and O–H groups in total. The Labute approximate surface area is 166 Å². The molecule has 2 bridgehead atoms.